The summed E-state index contributed by atoms with van der Waals surface area (Å²) in [5, 5.41) is 2.78. The SMILES string of the molecule is COc1ccc(Br)cc1C(=O)Nc1ccc(C(C)=O)cc1. The van der Waals surface area contributed by atoms with Crippen LogP contribution in [0.15, 0.2) is 46.9 Å². The van der Waals surface area contributed by atoms with E-state index in [-0.39, 0.29) is 11.7 Å². The van der Waals surface area contributed by atoms with Gasteiger partial charge in [0.25, 0.3) is 5.91 Å². The lowest BCUT2D eigenvalue weighted by molar-refractivity contribution is 0.101. The molecule has 1 amide bonds. The molecule has 0 bridgehead atoms. The molecule has 2 rings (SSSR count). The molecule has 0 aliphatic heterocycles. The van der Waals surface area contributed by atoms with Crippen LogP contribution in [0.4, 0.5) is 5.69 Å². The third kappa shape index (κ3) is 3.70. The van der Waals surface area contributed by atoms with Gasteiger partial charge in [-0.05, 0) is 49.4 Å². The summed E-state index contributed by atoms with van der Waals surface area (Å²) < 4.78 is 5.98. The van der Waals surface area contributed by atoms with Gasteiger partial charge < -0.3 is 10.1 Å². The lowest BCUT2D eigenvalue weighted by atomic mass is 10.1. The standard InChI is InChI=1S/C16H14BrNO3/c1-10(19)11-3-6-13(7-4-11)18-16(20)14-9-12(17)5-8-15(14)21-2/h3-9H,1-2H3,(H,18,20). The highest BCUT2D eigenvalue weighted by molar-refractivity contribution is 9.10. The number of methoxy groups -OCH3 is 1. The molecule has 0 spiro atoms. The molecule has 0 aromatic heterocycles. The third-order valence-corrected chi connectivity index (χ3v) is 3.45. The van der Waals surface area contributed by atoms with E-state index < -0.39 is 0 Å². The number of hydrogen-bond donors (Lipinski definition) is 1. The van der Waals surface area contributed by atoms with Crippen molar-refractivity contribution in [3.8, 4) is 5.75 Å². The zero-order valence-corrected chi connectivity index (χ0v) is 13.2. The molecule has 0 aliphatic rings. The number of hydrogen-bond acceptors (Lipinski definition) is 3. The first-order valence-corrected chi connectivity index (χ1v) is 7.06. The molecule has 0 unspecified atom stereocenters. The largest absolute Gasteiger partial charge is 0.496 e. The second-order valence-electron chi connectivity index (χ2n) is 4.43. The Morgan fingerprint density at radius 1 is 1.10 bits per heavy atom. The number of anilines is 1. The van der Waals surface area contributed by atoms with Gasteiger partial charge in [-0.3, -0.25) is 9.59 Å². The minimum absolute atomic E-state index is 0.0125. The van der Waals surface area contributed by atoms with Gasteiger partial charge in [0.2, 0.25) is 0 Å². The zero-order chi connectivity index (χ0) is 15.4. The van der Waals surface area contributed by atoms with E-state index in [1.165, 1.54) is 14.0 Å². The van der Waals surface area contributed by atoms with E-state index >= 15 is 0 Å². The Morgan fingerprint density at radius 3 is 2.33 bits per heavy atom. The van der Waals surface area contributed by atoms with Crippen molar-refractivity contribution in [2.45, 2.75) is 6.92 Å². The van der Waals surface area contributed by atoms with Gasteiger partial charge in [0.1, 0.15) is 5.75 Å². The number of benzene rings is 2. The molecule has 0 heterocycles. The van der Waals surface area contributed by atoms with Gasteiger partial charge in [-0.1, -0.05) is 15.9 Å². The summed E-state index contributed by atoms with van der Waals surface area (Å²) in [6.07, 6.45) is 0. The average molecular weight is 348 g/mol. The second-order valence-corrected chi connectivity index (χ2v) is 5.35. The van der Waals surface area contributed by atoms with Gasteiger partial charge in [0.15, 0.2) is 5.78 Å². The summed E-state index contributed by atoms with van der Waals surface area (Å²) in [6.45, 7) is 1.50. The molecule has 0 fully saturated rings. The van der Waals surface area contributed by atoms with Crippen LogP contribution in [0, 0.1) is 0 Å². The number of ether oxygens (including phenoxy) is 1. The van der Waals surface area contributed by atoms with Gasteiger partial charge in [0.05, 0.1) is 12.7 Å². The first-order chi connectivity index (χ1) is 10.0. The topological polar surface area (TPSA) is 55.4 Å². The summed E-state index contributed by atoms with van der Waals surface area (Å²) in [5.74, 6) is 0.210. The van der Waals surface area contributed by atoms with E-state index in [0.717, 1.165) is 4.47 Å². The van der Waals surface area contributed by atoms with Crippen LogP contribution in [-0.2, 0) is 0 Å². The first-order valence-electron chi connectivity index (χ1n) is 6.27. The van der Waals surface area contributed by atoms with E-state index in [1.54, 1.807) is 42.5 Å². The van der Waals surface area contributed by atoms with E-state index in [1.807, 2.05) is 0 Å². The maximum atomic E-state index is 12.3. The van der Waals surface area contributed by atoms with E-state index in [2.05, 4.69) is 21.2 Å². The zero-order valence-electron chi connectivity index (χ0n) is 11.6. The highest BCUT2D eigenvalue weighted by atomic mass is 79.9. The van der Waals surface area contributed by atoms with Crippen molar-refractivity contribution >= 4 is 33.3 Å². The van der Waals surface area contributed by atoms with Crippen molar-refractivity contribution in [1.82, 2.24) is 0 Å². The molecule has 21 heavy (non-hydrogen) atoms. The molecule has 2 aromatic rings. The fraction of sp³-hybridized carbons (Fsp3) is 0.125. The van der Waals surface area contributed by atoms with E-state index in [4.69, 9.17) is 4.74 Å². The van der Waals surface area contributed by atoms with Crippen molar-refractivity contribution in [3.63, 3.8) is 0 Å². The number of amides is 1. The van der Waals surface area contributed by atoms with E-state index in [9.17, 15) is 9.59 Å². The number of Topliss-reactive ketones (excluding diaryl/α,β-unsaturated/α-hetero) is 1. The molecule has 4 nitrogen and oxygen atoms in total. The van der Waals surface area contributed by atoms with Gasteiger partial charge in [-0.15, -0.1) is 0 Å². The Morgan fingerprint density at radius 2 is 1.76 bits per heavy atom. The fourth-order valence-electron chi connectivity index (χ4n) is 1.84. The van der Waals surface area contributed by atoms with Crippen LogP contribution in [0.1, 0.15) is 27.6 Å². The van der Waals surface area contributed by atoms with Gasteiger partial charge in [-0.2, -0.15) is 0 Å². The quantitative estimate of drug-likeness (QED) is 0.853. The Hall–Kier alpha value is -2.14. The number of nitrogens with one attached hydrogen (secondary N) is 1. The number of rotatable bonds is 4. The summed E-state index contributed by atoms with van der Waals surface area (Å²) in [4.78, 5) is 23.5. The molecule has 0 radical (unpaired) electrons. The van der Waals surface area contributed by atoms with Crippen molar-refractivity contribution in [2.75, 3.05) is 12.4 Å². The maximum absolute atomic E-state index is 12.3. The first kappa shape index (κ1) is 15.3. The van der Waals surface area contributed by atoms with Crippen molar-refractivity contribution in [2.24, 2.45) is 0 Å². The highest BCUT2D eigenvalue weighted by Crippen LogP contribution is 2.24. The normalized spacial score (nSPS) is 10.0. The molecule has 2 aromatic carbocycles. The molecular formula is C16H14BrNO3. The number of halogens is 1. The van der Waals surface area contributed by atoms with Gasteiger partial charge >= 0.3 is 0 Å². The molecular weight excluding hydrogens is 334 g/mol. The van der Waals surface area contributed by atoms with Gasteiger partial charge in [-0.25, -0.2) is 0 Å². The Balaban J connectivity index is 2.21. The van der Waals surface area contributed by atoms with Crippen molar-refractivity contribution in [3.05, 3.63) is 58.1 Å². The number of carbonyl (C=O) groups is 2. The van der Waals surface area contributed by atoms with Crippen LogP contribution in [0.2, 0.25) is 0 Å². The highest BCUT2D eigenvalue weighted by Gasteiger charge is 2.13. The number of carbonyl (C=O) groups excluding carboxylic acids is 2. The van der Waals surface area contributed by atoms with Crippen molar-refractivity contribution < 1.29 is 14.3 Å². The van der Waals surface area contributed by atoms with Crippen molar-refractivity contribution in [1.29, 1.82) is 0 Å². The number of ketones is 1. The maximum Gasteiger partial charge on any atom is 0.259 e. The second kappa shape index (κ2) is 6.54. The predicted molar refractivity (Wildman–Crippen MR) is 85.1 cm³/mol. The Bertz CT molecular complexity index is 680. The summed E-state index contributed by atoms with van der Waals surface area (Å²) in [6, 6.07) is 12.0. The smallest absolute Gasteiger partial charge is 0.259 e. The van der Waals surface area contributed by atoms with Gasteiger partial charge in [0, 0.05) is 15.7 Å². The summed E-state index contributed by atoms with van der Waals surface area (Å²) >= 11 is 3.33. The molecule has 0 saturated heterocycles. The van der Waals surface area contributed by atoms with E-state index in [0.29, 0.717) is 22.6 Å². The molecule has 0 aliphatic carbocycles. The lowest BCUT2D eigenvalue weighted by Crippen LogP contribution is -2.13. The predicted octanol–water partition coefficient (Wildman–Crippen LogP) is 3.91. The summed E-state index contributed by atoms with van der Waals surface area (Å²) in [7, 11) is 1.52. The van der Waals surface area contributed by atoms with Crippen LogP contribution >= 0.6 is 15.9 Å². The molecule has 108 valence electrons. The minimum Gasteiger partial charge on any atom is -0.496 e. The van der Waals surface area contributed by atoms with Crippen LogP contribution in [0.5, 0.6) is 5.75 Å². The summed E-state index contributed by atoms with van der Waals surface area (Å²) in [5.41, 5.74) is 1.66. The molecule has 5 heteroatoms. The van der Waals surface area contributed by atoms with Crippen LogP contribution < -0.4 is 10.1 Å². The lowest BCUT2D eigenvalue weighted by Gasteiger charge is -2.10. The van der Waals surface area contributed by atoms with Crippen LogP contribution in [0.3, 0.4) is 0 Å². The average Bonchev–Trinajstić information content (AvgIpc) is 2.47. The Labute approximate surface area is 131 Å². The molecule has 0 saturated carbocycles. The third-order valence-electron chi connectivity index (χ3n) is 2.96. The fourth-order valence-corrected chi connectivity index (χ4v) is 2.21. The molecule has 0 atom stereocenters. The minimum atomic E-state index is -0.274. The van der Waals surface area contributed by atoms with Crippen LogP contribution in [-0.4, -0.2) is 18.8 Å². The molecule has 1 N–H and O–H groups in total. The Kier molecular flexibility index (Phi) is 4.75. The monoisotopic (exact) mass is 347 g/mol. The van der Waals surface area contributed by atoms with Crippen LogP contribution in [0.25, 0.3) is 0 Å².